The van der Waals surface area contributed by atoms with E-state index in [0.29, 0.717) is 0 Å². The maximum Gasteiger partial charge on any atom is 0.0864 e. The molecule has 0 radical (unpaired) electrons. The van der Waals surface area contributed by atoms with E-state index in [1.54, 1.807) is 12.4 Å². The third-order valence-electron chi connectivity index (χ3n) is 3.08. The van der Waals surface area contributed by atoms with Crippen molar-refractivity contribution in [1.29, 1.82) is 0 Å². The predicted molar refractivity (Wildman–Crippen MR) is 94.7 cm³/mol. The number of allylic oxidation sites excluding steroid dienone is 2. The smallest absolute Gasteiger partial charge is 0.0864 e. The molecule has 0 bridgehead atoms. The lowest BCUT2D eigenvalue weighted by atomic mass is 10.2. The highest BCUT2D eigenvalue weighted by Crippen LogP contribution is 2.25. The molecule has 0 spiro atoms. The summed E-state index contributed by atoms with van der Waals surface area (Å²) in [6.45, 7) is 0. The summed E-state index contributed by atoms with van der Waals surface area (Å²) in [5.41, 5.74) is 3.65. The number of benzene rings is 2. The number of para-hydroxylation sites is 4. The first-order valence-electron chi connectivity index (χ1n) is 7.03. The molecule has 1 aliphatic rings. The van der Waals surface area contributed by atoms with Gasteiger partial charge in [-0.25, -0.2) is 0 Å². The first kappa shape index (κ1) is 13.8. The van der Waals surface area contributed by atoms with Gasteiger partial charge in [-0.15, -0.1) is 0 Å². The van der Waals surface area contributed by atoms with Crippen LogP contribution in [0.4, 0.5) is 22.7 Å². The first-order chi connectivity index (χ1) is 10.9. The number of aliphatic imine (C=N–C) groups is 2. The van der Waals surface area contributed by atoms with Gasteiger partial charge in [0.15, 0.2) is 0 Å². The maximum atomic E-state index is 4.45. The summed E-state index contributed by atoms with van der Waals surface area (Å²) in [6, 6.07) is 15.8. The molecule has 1 heterocycles. The lowest BCUT2D eigenvalue weighted by molar-refractivity contribution is 1.48. The zero-order valence-electron chi connectivity index (χ0n) is 12.0. The first-order valence-corrected chi connectivity index (χ1v) is 7.03. The lowest BCUT2D eigenvalue weighted by Crippen LogP contribution is -1.90. The zero-order valence-corrected chi connectivity index (χ0v) is 12.0. The molecule has 108 valence electrons. The molecule has 3 rings (SSSR count). The number of fused-ring (bicyclic) bond motifs is 2. The van der Waals surface area contributed by atoms with Crippen LogP contribution in [0.25, 0.3) is 0 Å². The number of nitrogens with zero attached hydrogens (tertiary/aromatic N) is 2. The number of hydrogen-bond donors (Lipinski definition) is 2. The Kier molecular flexibility index (Phi) is 4.42. The number of rotatable bonds is 0. The molecule has 22 heavy (non-hydrogen) atoms. The van der Waals surface area contributed by atoms with Gasteiger partial charge < -0.3 is 10.6 Å². The van der Waals surface area contributed by atoms with Gasteiger partial charge in [-0.05, 0) is 36.4 Å². The van der Waals surface area contributed by atoms with Crippen LogP contribution in [0.1, 0.15) is 0 Å². The van der Waals surface area contributed by atoms with Crippen molar-refractivity contribution in [2.24, 2.45) is 9.98 Å². The second-order valence-corrected chi connectivity index (χ2v) is 4.60. The van der Waals surface area contributed by atoms with Gasteiger partial charge in [0, 0.05) is 24.8 Å². The van der Waals surface area contributed by atoms with Gasteiger partial charge in [0.2, 0.25) is 0 Å². The topological polar surface area (TPSA) is 48.8 Å². The van der Waals surface area contributed by atoms with Crippen LogP contribution in [0.15, 0.2) is 83.1 Å². The number of anilines is 2. The van der Waals surface area contributed by atoms with Crippen molar-refractivity contribution in [2.45, 2.75) is 0 Å². The highest BCUT2D eigenvalue weighted by atomic mass is 14.9. The van der Waals surface area contributed by atoms with Gasteiger partial charge >= 0.3 is 0 Å². The monoisotopic (exact) mass is 288 g/mol. The van der Waals surface area contributed by atoms with Crippen molar-refractivity contribution >= 4 is 35.2 Å². The SMILES string of the molecule is C1=C\Nc2ccccc2/N=C/C=C\Nc2ccccc2/N=C/1. The summed E-state index contributed by atoms with van der Waals surface area (Å²) < 4.78 is 0. The van der Waals surface area contributed by atoms with Crippen LogP contribution in [0.3, 0.4) is 0 Å². The minimum atomic E-state index is 0.881. The van der Waals surface area contributed by atoms with E-state index in [9.17, 15) is 0 Å². The van der Waals surface area contributed by atoms with Crippen molar-refractivity contribution in [1.82, 2.24) is 0 Å². The van der Waals surface area contributed by atoms with Gasteiger partial charge in [-0.3, -0.25) is 9.98 Å². The van der Waals surface area contributed by atoms with Gasteiger partial charge in [0.1, 0.15) is 0 Å². The second-order valence-electron chi connectivity index (χ2n) is 4.60. The zero-order chi connectivity index (χ0) is 15.0. The highest BCUT2D eigenvalue weighted by Gasteiger charge is 1.97. The van der Waals surface area contributed by atoms with Crippen LogP contribution >= 0.6 is 0 Å². The molecule has 0 aromatic heterocycles. The Morgan fingerprint density at radius 2 is 1.05 bits per heavy atom. The largest absolute Gasteiger partial charge is 0.360 e. The Morgan fingerprint density at radius 3 is 1.55 bits per heavy atom. The summed E-state index contributed by atoms with van der Waals surface area (Å²) in [7, 11) is 0. The van der Waals surface area contributed by atoms with Crippen molar-refractivity contribution in [3.05, 3.63) is 73.1 Å². The Balaban J connectivity index is 1.92. The van der Waals surface area contributed by atoms with E-state index >= 15 is 0 Å². The second kappa shape index (κ2) is 7.04. The molecule has 2 N–H and O–H groups in total. The van der Waals surface area contributed by atoms with Crippen LogP contribution in [0.5, 0.6) is 0 Å². The Labute approximate surface area is 129 Å². The van der Waals surface area contributed by atoms with E-state index in [1.165, 1.54) is 0 Å². The molecular formula is C18H16N4. The Bertz CT molecular complexity index is 692. The molecule has 4 nitrogen and oxygen atoms in total. The maximum absolute atomic E-state index is 4.45. The third-order valence-corrected chi connectivity index (χ3v) is 3.08. The van der Waals surface area contributed by atoms with Crippen LogP contribution in [0.2, 0.25) is 0 Å². The molecular weight excluding hydrogens is 272 g/mol. The van der Waals surface area contributed by atoms with Crippen molar-refractivity contribution < 1.29 is 0 Å². The van der Waals surface area contributed by atoms with Crippen LogP contribution in [-0.4, -0.2) is 12.4 Å². The summed E-state index contributed by atoms with van der Waals surface area (Å²) in [5, 5.41) is 6.43. The van der Waals surface area contributed by atoms with Gasteiger partial charge in [-0.2, -0.15) is 0 Å². The fourth-order valence-corrected chi connectivity index (χ4v) is 2.03. The fourth-order valence-electron chi connectivity index (χ4n) is 2.03. The van der Waals surface area contributed by atoms with Crippen LogP contribution in [-0.2, 0) is 0 Å². The molecule has 0 unspecified atom stereocenters. The molecule has 2 aromatic carbocycles. The van der Waals surface area contributed by atoms with E-state index in [4.69, 9.17) is 0 Å². The van der Waals surface area contributed by atoms with E-state index in [0.717, 1.165) is 22.7 Å². The molecule has 0 saturated carbocycles. The summed E-state index contributed by atoms with van der Waals surface area (Å²) in [5.74, 6) is 0. The minimum Gasteiger partial charge on any atom is -0.360 e. The van der Waals surface area contributed by atoms with E-state index in [2.05, 4.69) is 20.6 Å². The number of hydrogen-bond acceptors (Lipinski definition) is 4. The highest BCUT2D eigenvalue weighted by molar-refractivity contribution is 5.82. The predicted octanol–water partition coefficient (Wildman–Crippen LogP) is 4.66. The summed E-state index contributed by atoms with van der Waals surface area (Å²) in [4.78, 5) is 8.90. The quantitative estimate of drug-likeness (QED) is 0.741. The molecule has 4 heteroatoms. The molecule has 0 aliphatic carbocycles. The molecule has 0 amide bonds. The summed E-state index contributed by atoms with van der Waals surface area (Å²) in [6.07, 6.45) is 10.9. The van der Waals surface area contributed by atoms with Crippen LogP contribution < -0.4 is 10.6 Å². The average Bonchev–Trinajstić information content (AvgIpc) is 2.56. The van der Waals surface area contributed by atoms with E-state index < -0.39 is 0 Å². The van der Waals surface area contributed by atoms with Crippen molar-refractivity contribution in [3.8, 4) is 0 Å². The summed E-state index contributed by atoms with van der Waals surface area (Å²) >= 11 is 0. The van der Waals surface area contributed by atoms with E-state index in [1.807, 2.05) is 73.1 Å². The standard InChI is InChI=1S/C18H16N4/c1-2-8-16-15(7-1)19-11-5-13-21-17-9-3-4-10-18(17)22-14-6-12-20-16/h1-14,19,22H/b11-5-,14-6-,20-12+,21-13+. The van der Waals surface area contributed by atoms with Crippen molar-refractivity contribution in [2.75, 3.05) is 10.6 Å². The Morgan fingerprint density at radius 1 is 0.591 bits per heavy atom. The van der Waals surface area contributed by atoms with Gasteiger partial charge in [0.25, 0.3) is 0 Å². The normalized spacial score (nSPS) is 19.3. The molecule has 0 atom stereocenters. The Hall–Kier alpha value is -3.14. The molecule has 1 aliphatic heterocycles. The fraction of sp³-hybridized carbons (Fsp3) is 0. The average molecular weight is 288 g/mol. The third kappa shape index (κ3) is 3.49. The molecule has 2 aromatic rings. The molecule has 0 saturated heterocycles. The molecule has 0 fully saturated rings. The van der Waals surface area contributed by atoms with Crippen molar-refractivity contribution in [3.63, 3.8) is 0 Å². The van der Waals surface area contributed by atoms with E-state index in [-0.39, 0.29) is 0 Å². The van der Waals surface area contributed by atoms with Gasteiger partial charge in [0.05, 0.1) is 22.7 Å². The van der Waals surface area contributed by atoms with Crippen LogP contribution in [0, 0.1) is 0 Å². The van der Waals surface area contributed by atoms with Gasteiger partial charge in [-0.1, -0.05) is 24.3 Å². The lowest BCUT2D eigenvalue weighted by Gasteiger charge is -2.05. The number of nitrogens with one attached hydrogen (secondary N) is 2. The minimum absolute atomic E-state index is 0.881.